The van der Waals surface area contributed by atoms with Gasteiger partial charge in [-0.25, -0.2) is 0 Å². The Bertz CT molecular complexity index is 547. The number of amides is 1. The molecule has 0 N–H and O–H groups in total. The van der Waals surface area contributed by atoms with E-state index in [9.17, 15) is 4.79 Å². The Balaban J connectivity index is 2.08. The minimum atomic E-state index is 0.0802. The molecule has 4 heteroatoms. The number of hydrogen-bond acceptors (Lipinski definition) is 2. The molecular weight excluding hydrogens is 310 g/mol. The molecule has 0 aliphatic heterocycles. The van der Waals surface area contributed by atoms with Crippen molar-refractivity contribution in [2.24, 2.45) is 0 Å². The van der Waals surface area contributed by atoms with Crippen LogP contribution in [0.4, 0.5) is 0 Å². The molecule has 2 aromatic rings. The third-order valence-electron chi connectivity index (χ3n) is 2.77. The van der Waals surface area contributed by atoms with Crippen LogP contribution in [-0.4, -0.2) is 17.9 Å². The zero-order valence-electron chi connectivity index (χ0n) is 10.3. The highest BCUT2D eigenvalue weighted by Gasteiger charge is 2.14. The van der Waals surface area contributed by atoms with E-state index in [4.69, 9.17) is 0 Å². The number of hydrogen-bond donors (Lipinski definition) is 0. The molecule has 0 bridgehead atoms. The van der Waals surface area contributed by atoms with E-state index in [0.717, 1.165) is 21.2 Å². The predicted octanol–water partition coefficient (Wildman–Crippen LogP) is 4.09. The summed E-state index contributed by atoms with van der Waals surface area (Å²) < 4.78 is 1.05. The maximum Gasteiger partial charge on any atom is 0.255 e. The third-order valence-corrected chi connectivity index (χ3v) is 4.16. The molecule has 0 saturated heterocycles. The second-order valence-electron chi connectivity index (χ2n) is 4.26. The molecule has 0 saturated carbocycles. The predicted molar refractivity (Wildman–Crippen MR) is 79.0 cm³/mol. The van der Waals surface area contributed by atoms with E-state index in [2.05, 4.69) is 15.9 Å². The number of aryl methyl sites for hydroxylation is 1. The molecule has 0 aliphatic rings. The topological polar surface area (TPSA) is 20.3 Å². The number of thiophene rings is 1. The van der Waals surface area contributed by atoms with Gasteiger partial charge in [-0.15, -0.1) is 0 Å². The highest BCUT2D eigenvalue weighted by Crippen LogP contribution is 2.17. The van der Waals surface area contributed by atoms with Crippen LogP contribution in [0.25, 0.3) is 0 Å². The monoisotopic (exact) mass is 323 g/mol. The maximum absolute atomic E-state index is 12.2. The number of benzene rings is 1. The van der Waals surface area contributed by atoms with Crippen LogP contribution in [-0.2, 0) is 6.54 Å². The van der Waals surface area contributed by atoms with Crippen LogP contribution >= 0.6 is 27.3 Å². The minimum Gasteiger partial charge on any atom is -0.337 e. The molecule has 94 valence electrons. The average Bonchev–Trinajstić information content (AvgIpc) is 2.77. The average molecular weight is 324 g/mol. The lowest BCUT2D eigenvalue weighted by molar-refractivity contribution is 0.0785. The molecule has 2 rings (SSSR count). The van der Waals surface area contributed by atoms with Crippen molar-refractivity contribution in [3.05, 3.63) is 56.2 Å². The van der Waals surface area contributed by atoms with Gasteiger partial charge >= 0.3 is 0 Å². The van der Waals surface area contributed by atoms with E-state index < -0.39 is 0 Å². The van der Waals surface area contributed by atoms with Crippen LogP contribution in [0.5, 0.6) is 0 Å². The smallest absolute Gasteiger partial charge is 0.255 e. The largest absolute Gasteiger partial charge is 0.337 e. The Hall–Kier alpha value is -1.13. The Morgan fingerprint density at radius 2 is 1.94 bits per heavy atom. The highest BCUT2D eigenvalue weighted by atomic mass is 79.9. The summed E-state index contributed by atoms with van der Waals surface area (Å²) in [6.07, 6.45) is 0. The van der Waals surface area contributed by atoms with Crippen molar-refractivity contribution in [1.29, 1.82) is 0 Å². The van der Waals surface area contributed by atoms with Crippen LogP contribution in [0.15, 0.2) is 39.5 Å². The first-order chi connectivity index (χ1) is 8.58. The van der Waals surface area contributed by atoms with Gasteiger partial charge in [-0.2, -0.15) is 11.3 Å². The van der Waals surface area contributed by atoms with Crippen LogP contribution in [0, 0.1) is 6.92 Å². The summed E-state index contributed by atoms with van der Waals surface area (Å²) in [6, 6.07) is 8.02. The summed E-state index contributed by atoms with van der Waals surface area (Å²) in [4.78, 5) is 14.0. The van der Waals surface area contributed by atoms with Crippen molar-refractivity contribution in [1.82, 2.24) is 4.90 Å². The number of nitrogens with zero attached hydrogens (tertiary/aromatic N) is 1. The number of halogens is 1. The molecule has 18 heavy (non-hydrogen) atoms. The molecule has 0 atom stereocenters. The van der Waals surface area contributed by atoms with Crippen LogP contribution in [0.2, 0.25) is 0 Å². The van der Waals surface area contributed by atoms with Gasteiger partial charge in [0.1, 0.15) is 0 Å². The standard InChI is InChI=1S/C14H14BrNOS/c1-10-8-18-9-13(10)14(17)16(2)7-11-3-5-12(15)6-4-11/h3-6,8-9H,7H2,1-2H3. The van der Waals surface area contributed by atoms with Crippen molar-refractivity contribution >= 4 is 33.2 Å². The first-order valence-electron chi connectivity index (χ1n) is 5.60. The summed E-state index contributed by atoms with van der Waals surface area (Å²) in [6.45, 7) is 2.60. The highest BCUT2D eigenvalue weighted by molar-refractivity contribution is 9.10. The Morgan fingerprint density at radius 1 is 1.28 bits per heavy atom. The molecule has 1 amide bonds. The maximum atomic E-state index is 12.2. The van der Waals surface area contributed by atoms with E-state index in [1.54, 1.807) is 16.2 Å². The van der Waals surface area contributed by atoms with Gasteiger partial charge in [-0.1, -0.05) is 28.1 Å². The zero-order chi connectivity index (χ0) is 13.1. The molecule has 0 spiro atoms. The second kappa shape index (κ2) is 5.67. The number of carbonyl (C=O) groups is 1. The van der Waals surface area contributed by atoms with Crippen molar-refractivity contribution in [3.63, 3.8) is 0 Å². The van der Waals surface area contributed by atoms with Crippen molar-refractivity contribution in [2.75, 3.05) is 7.05 Å². The van der Waals surface area contributed by atoms with Gasteiger partial charge in [0.25, 0.3) is 5.91 Å². The van der Waals surface area contributed by atoms with Gasteiger partial charge in [0, 0.05) is 23.4 Å². The molecule has 1 aromatic carbocycles. The molecule has 0 aliphatic carbocycles. The lowest BCUT2D eigenvalue weighted by Crippen LogP contribution is -2.26. The molecule has 2 nitrogen and oxygen atoms in total. The normalized spacial score (nSPS) is 10.4. The van der Waals surface area contributed by atoms with Crippen molar-refractivity contribution in [3.8, 4) is 0 Å². The SMILES string of the molecule is Cc1cscc1C(=O)N(C)Cc1ccc(Br)cc1. The summed E-state index contributed by atoms with van der Waals surface area (Å²) in [5.41, 5.74) is 2.98. The Morgan fingerprint density at radius 3 is 2.50 bits per heavy atom. The van der Waals surface area contributed by atoms with E-state index in [1.165, 1.54) is 0 Å². The lowest BCUT2D eigenvalue weighted by atomic mass is 10.1. The number of carbonyl (C=O) groups excluding carboxylic acids is 1. The molecule has 0 radical (unpaired) electrons. The van der Waals surface area contributed by atoms with E-state index in [-0.39, 0.29) is 5.91 Å². The first-order valence-corrected chi connectivity index (χ1v) is 7.34. The van der Waals surface area contributed by atoms with Crippen LogP contribution < -0.4 is 0 Å². The van der Waals surface area contributed by atoms with E-state index >= 15 is 0 Å². The van der Waals surface area contributed by atoms with E-state index in [0.29, 0.717) is 6.54 Å². The fourth-order valence-corrected chi connectivity index (χ4v) is 2.81. The molecule has 0 fully saturated rings. The zero-order valence-corrected chi connectivity index (χ0v) is 12.7. The second-order valence-corrected chi connectivity index (χ2v) is 5.92. The van der Waals surface area contributed by atoms with Crippen molar-refractivity contribution in [2.45, 2.75) is 13.5 Å². The fraction of sp³-hybridized carbons (Fsp3) is 0.214. The molecule has 1 aromatic heterocycles. The Kier molecular flexibility index (Phi) is 4.19. The van der Waals surface area contributed by atoms with Gasteiger partial charge in [0.2, 0.25) is 0 Å². The van der Waals surface area contributed by atoms with Crippen LogP contribution in [0.1, 0.15) is 21.5 Å². The summed E-state index contributed by atoms with van der Waals surface area (Å²) in [5.74, 6) is 0.0802. The summed E-state index contributed by atoms with van der Waals surface area (Å²) in [5, 5.41) is 3.91. The Labute approximate surface area is 119 Å². The van der Waals surface area contributed by atoms with Gasteiger partial charge in [-0.3, -0.25) is 4.79 Å². The van der Waals surface area contributed by atoms with Crippen molar-refractivity contribution < 1.29 is 4.79 Å². The summed E-state index contributed by atoms with van der Waals surface area (Å²) in [7, 11) is 1.83. The lowest BCUT2D eigenvalue weighted by Gasteiger charge is -2.17. The molecule has 0 unspecified atom stereocenters. The minimum absolute atomic E-state index is 0.0802. The number of rotatable bonds is 3. The van der Waals surface area contributed by atoms with Gasteiger partial charge in [0.15, 0.2) is 0 Å². The van der Waals surface area contributed by atoms with Gasteiger partial charge < -0.3 is 4.90 Å². The molecular formula is C14H14BrNOS. The first kappa shape index (κ1) is 13.3. The quantitative estimate of drug-likeness (QED) is 0.833. The van der Waals surface area contributed by atoms with Gasteiger partial charge in [0.05, 0.1) is 5.56 Å². The van der Waals surface area contributed by atoms with E-state index in [1.807, 2.05) is 49.0 Å². The van der Waals surface area contributed by atoms with Crippen LogP contribution in [0.3, 0.4) is 0 Å². The third kappa shape index (κ3) is 3.00. The molecule has 1 heterocycles. The van der Waals surface area contributed by atoms with Gasteiger partial charge in [-0.05, 0) is 35.6 Å². The summed E-state index contributed by atoms with van der Waals surface area (Å²) >= 11 is 4.97. The fourth-order valence-electron chi connectivity index (χ4n) is 1.72.